The lowest BCUT2D eigenvalue weighted by Crippen LogP contribution is -2.47. The van der Waals surface area contributed by atoms with Crippen LogP contribution in [0.1, 0.15) is 12.8 Å². The van der Waals surface area contributed by atoms with Gasteiger partial charge in [-0.15, -0.1) is 0 Å². The van der Waals surface area contributed by atoms with E-state index < -0.39 is 5.79 Å². The van der Waals surface area contributed by atoms with Crippen LogP contribution in [0.4, 0.5) is 0 Å². The molecule has 1 saturated carbocycles. The fraction of sp³-hybridized carbons (Fsp3) is 1.00. The van der Waals surface area contributed by atoms with Crippen LogP contribution in [-0.4, -0.2) is 27.1 Å². The van der Waals surface area contributed by atoms with E-state index in [2.05, 4.69) is 47.8 Å². The Morgan fingerprint density at radius 2 is 1.75 bits per heavy atom. The van der Waals surface area contributed by atoms with Crippen molar-refractivity contribution in [1.29, 1.82) is 0 Å². The molecular formula is C7H9Br3O2. The topological polar surface area (TPSA) is 18.5 Å². The van der Waals surface area contributed by atoms with Gasteiger partial charge in [0.1, 0.15) is 3.23 Å². The van der Waals surface area contributed by atoms with Crippen LogP contribution in [0.25, 0.3) is 0 Å². The molecule has 0 amide bonds. The normalized spacial score (nSPS) is 37.8. The highest BCUT2D eigenvalue weighted by molar-refractivity contribution is 9.25. The van der Waals surface area contributed by atoms with Crippen molar-refractivity contribution < 1.29 is 9.47 Å². The van der Waals surface area contributed by atoms with Gasteiger partial charge in [0.25, 0.3) is 0 Å². The van der Waals surface area contributed by atoms with E-state index in [0.717, 1.165) is 12.8 Å². The molecule has 12 heavy (non-hydrogen) atoms. The van der Waals surface area contributed by atoms with Gasteiger partial charge in [-0.25, -0.2) is 0 Å². The van der Waals surface area contributed by atoms with Crippen molar-refractivity contribution in [3.8, 4) is 0 Å². The van der Waals surface area contributed by atoms with Crippen LogP contribution in [0.2, 0.25) is 0 Å². The molecule has 0 radical (unpaired) electrons. The molecule has 1 aliphatic heterocycles. The van der Waals surface area contributed by atoms with Gasteiger partial charge < -0.3 is 9.47 Å². The fourth-order valence-corrected chi connectivity index (χ4v) is 4.69. The van der Waals surface area contributed by atoms with Gasteiger partial charge in [-0.1, -0.05) is 47.8 Å². The maximum atomic E-state index is 5.67. The van der Waals surface area contributed by atoms with Gasteiger partial charge in [0, 0.05) is 0 Å². The van der Waals surface area contributed by atoms with E-state index in [1.165, 1.54) is 0 Å². The largest absolute Gasteiger partial charge is 0.344 e. The molecule has 2 nitrogen and oxygen atoms in total. The van der Waals surface area contributed by atoms with E-state index in [-0.39, 0.29) is 8.06 Å². The summed E-state index contributed by atoms with van der Waals surface area (Å²) in [6.07, 6.45) is 2.05. The van der Waals surface area contributed by atoms with Gasteiger partial charge >= 0.3 is 0 Å². The zero-order valence-electron chi connectivity index (χ0n) is 6.36. The average Bonchev–Trinajstić information content (AvgIpc) is 2.55. The smallest absolute Gasteiger partial charge is 0.206 e. The summed E-state index contributed by atoms with van der Waals surface area (Å²) in [6, 6.07) is 0. The van der Waals surface area contributed by atoms with E-state index in [1.807, 2.05) is 0 Å². The predicted molar refractivity (Wildman–Crippen MR) is 57.2 cm³/mol. The molecule has 0 N–H and O–H groups in total. The first-order valence-electron chi connectivity index (χ1n) is 3.88. The number of alkyl halides is 3. The van der Waals surface area contributed by atoms with E-state index in [1.54, 1.807) is 0 Å². The first kappa shape index (κ1) is 9.90. The maximum Gasteiger partial charge on any atom is 0.206 e. The number of ether oxygens (including phenoxy) is 2. The van der Waals surface area contributed by atoms with Gasteiger partial charge in [-0.05, 0) is 12.8 Å². The quantitative estimate of drug-likeness (QED) is 0.615. The molecule has 1 aliphatic carbocycles. The van der Waals surface area contributed by atoms with Gasteiger partial charge in [-0.3, -0.25) is 0 Å². The lowest BCUT2D eigenvalue weighted by atomic mass is 10.2. The molecule has 0 aromatic heterocycles. The summed E-state index contributed by atoms with van der Waals surface area (Å²) < 4.78 is 11.1. The number of rotatable bonds is 0. The molecule has 1 unspecified atom stereocenters. The molecule has 0 aromatic rings. The second kappa shape index (κ2) is 3.19. The Bertz CT molecular complexity index is 189. The number of hydrogen-bond acceptors (Lipinski definition) is 2. The molecule has 2 fully saturated rings. The summed E-state index contributed by atoms with van der Waals surface area (Å²) in [5, 5.41) is 0. The highest BCUT2D eigenvalue weighted by atomic mass is 79.9. The van der Waals surface area contributed by atoms with Crippen molar-refractivity contribution in [2.75, 3.05) is 13.2 Å². The van der Waals surface area contributed by atoms with Crippen LogP contribution in [0.15, 0.2) is 0 Å². The van der Waals surface area contributed by atoms with Crippen molar-refractivity contribution in [2.45, 2.75) is 26.7 Å². The first-order valence-corrected chi connectivity index (χ1v) is 6.38. The van der Waals surface area contributed by atoms with Crippen molar-refractivity contribution in [1.82, 2.24) is 0 Å². The summed E-state index contributed by atoms with van der Waals surface area (Å²) in [6.45, 7) is 1.36. The van der Waals surface area contributed by atoms with Crippen LogP contribution in [0.3, 0.4) is 0 Å². The second-order valence-corrected chi connectivity index (χ2v) is 7.95. The predicted octanol–water partition coefficient (Wildman–Crippen LogP) is 2.77. The summed E-state index contributed by atoms with van der Waals surface area (Å²) >= 11 is 10.8. The molecular weight excluding hydrogens is 356 g/mol. The number of halogens is 3. The molecule has 0 bridgehead atoms. The molecule has 0 aromatic carbocycles. The molecule has 1 atom stereocenters. The van der Waals surface area contributed by atoms with Crippen LogP contribution < -0.4 is 0 Å². The standard InChI is InChI=1S/C7H9Br3O2/c8-5-1-2-6(9,10)7(5)11-3-4-12-7/h5H,1-4H2. The van der Waals surface area contributed by atoms with Crippen molar-refractivity contribution in [3.05, 3.63) is 0 Å². The lowest BCUT2D eigenvalue weighted by Gasteiger charge is -2.34. The maximum absolute atomic E-state index is 5.67. The highest BCUT2D eigenvalue weighted by Gasteiger charge is 2.61. The average molecular weight is 365 g/mol. The second-order valence-electron chi connectivity index (χ2n) is 3.08. The summed E-state index contributed by atoms with van der Waals surface area (Å²) in [5.41, 5.74) is 0. The molecule has 1 spiro atoms. The van der Waals surface area contributed by atoms with E-state index in [4.69, 9.17) is 9.47 Å². The third-order valence-corrected chi connectivity index (χ3v) is 5.31. The van der Waals surface area contributed by atoms with E-state index >= 15 is 0 Å². The van der Waals surface area contributed by atoms with Gasteiger partial charge in [0.15, 0.2) is 0 Å². The van der Waals surface area contributed by atoms with Crippen LogP contribution >= 0.6 is 47.8 Å². The highest BCUT2D eigenvalue weighted by Crippen LogP contribution is 2.56. The van der Waals surface area contributed by atoms with Crippen molar-refractivity contribution in [3.63, 3.8) is 0 Å². The summed E-state index contributed by atoms with van der Waals surface area (Å²) in [5.74, 6) is -0.507. The van der Waals surface area contributed by atoms with Gasteiger partial charge in [0.05, 0.1) is 18.0 Å². The van der Waals surface area contributed by atoms with Crippen LogP contribution in [0.5, 0.6) is 0 Å². The minimum atomic E-state index is -0.507. The Balaban J connectivity index is 2.29. The SMILES string of the molecule is BrC1CCC(Br)(Br)C12OCCO2. The minimum Gasteiger partial charge on any atom is -0.344 e. The zero-order valence-corrected chi connectivity index (χ0v) is 11.1. The van der Waals surface area contributed by atoms with E-state index in [0.29, 0.717) is 13.2 Å². The fourth-order valence-electron chi connectivity index (χ4n) is 1.72. The Morgan fingerprint density at radius 1 is 1.17 bits per heavy atom. The molecule has 2 aliphatic rings. The third kappa shape index (κ3) is 1.24. The molecule has 1 heterocycles. The van der Waals surface area contributed by atoms with Crippen molar-refractivity contribution in [2.24, 2.45) is 0 Å². The summed E-state index contributed by atoms with van der Waals surface area (Å²) in [4.78, 5) is 0.270. The summed E-state index contributed by atoms with van der Waals surface area (Å²) in [7, 11) is 0. The Kier molecular flexibility index (Phi) is 2.63. The monoisotopic (exact) mass is 362 g/mol. The molecule has 2 rings (SSSR count). The lowest BCUT2D eigenvalue weighted by molar-refractivity contribution is -0.144. The minimum absolute atomic E-state index is 0.225. The molecule has 5 heteroatoms. The van der Waals surface area contributed by atoms with Gasteiger partial charge in [0.2, 0.25) is 5.79 Å². The first-order chi connectivity index (χ1) is 5.58. The number of hydrogen-bond donors (Lipinski definition) is 0. The Labute approximate surface area is 96.7 Å². The van der Waals surface area contributed by atoms with Crippen LogP contribution in [-0.2, 0) is 9.47 Å². The van der Waals surface area contributed by atoms with E-state index in [9.17, 15) is 0 Å². The third-order valence-electron chi connectivity index (χ3n) is 2.35. The molecule has 1 saturated heterocycles. The zero-order chi connectivity index (χ0) is 8.82. The van der Waals surface area contributed by atoms with Crippen molar-refractivity contribution >= 4 is 47.8 Å². The van der Waals surface area contributed by atoms with Gasteiger partial charge in [-0.2, -0.15) is 0 Å². The Morgan fingerprint density at radius 3 is 2.17 bits per heavy atom. The van der Waals surface area contributed by atoms with Crippen LogP contribution in [0, 0.1) is 0 Å². The molecule has 70 valence electrons. The Hall–Kier alpha value is 1.36.